The average Bonchev–Trinajstić information content (AvgIpc) is 3.97. The van der Waals surface area contributed by atoms with E-state index in [-0.39, 0.29) is 53.4 Å². The number of benzene rings is 2. The van der Waals surface area contributed by atoms with Crippen molar-refractivity contribution in [1.82, 2.24) is 47.0 Å². The van der Waals surface area contributed by atoms with Crippen molar-refractivity contribution in [3.63, 3.8) is 0 Å². The first kappa shape index (κ1) is 48.7. The van der Waals surface area contributed by atoms with Crippen LogP contribution in [0.1, 0.15) is 124 Å². The highest BCUT2D eigenvalue weighted by Gasteiger charge is 2.40. The van der Waals surface area contributed by atoms with E-state index in [1.54, 1.807) is 55.9 Å². The lowest BCUT2D eigenvalue weighted by Gasteiger charge is -2.34. The summed E-state index contributed by atoms with van der Waals surface area (Å²) in [5.74, 6) is -1.98. The summed E-state index contributed by atoms with van der Waals surface area (Å²) in [4.78, 5) is 96.9. The molecule has 0 spiro atoms. The van der Waals surface area contributed by atoms with Crippen molar-refractivity contribution in [2.45, 2.75) is 135 Å². The fourth-order valence-electron chi connectivity index (χ4n) is 8.52. The molecule has 0 saturated carbocycles. The molecule has 5 rings (SSSR count). The predicted octanol–water partition coefficient (Wildman–Crippen LogP) is 2.33. The normalized spacial score (nSPS) is 20.4. The third kappa shape index (κ3) is 12.9. The van der Waals surface area contributed by atoms with Gasteiger partial charge < -0.3 is 47.0 Å². The zero-order valence-corrected chi connectivity index (χ0v) is 38.1. The number of likely N-dealkylation sites (N-methyl/N-ethyl adjacent to an activating group) is 2. The van der Waals surface area contributed by atoms with Crippen LogP contribution in [-0.2, 0) is 30.4 Å². The van der Waals surface area contributed by atoms with Gasteiger partial charge in [-0.25, -0.2) is 0 Å². The fraction of sp³-hybridized carbons (Fsp3) is 0.596. The van der Waals surface area contributed by atoms with E-state index < -0.39 is 35.6 Å². The Morgan fingerprint density at radius 2 is 1.43 bits per heavy atom. The van der Waals surface area contributed by atoms with Gasteiger partial charge in [0.2, 0.25) is 29.5 Å². The molecule has 3 aliphatic rings. The molecule has 344 valence electrons. The van der Waals surface area contributed by atoms with Crippen LogP contribution in [0.3, 0.4) is 0 Å². The van der Waals surface area contributed by atoms with E-state index >= 15 is 0 Å². The van der Waals surface area contributed by atoms with Crippen LogP contribution >= 0.6 is 0 Å². The molecule has 16 nitrogen and oxygen atoms in total. The zero-order valence-electron chi connectivity index (χ0n) is 38.1. The van der Waals surface area contributed by atoms with Gasteiger partial charge in [0.15, 0.2) is 0 Å². The van der Waals surface area contributed by atoms with E-state index in [0.29, 0.717) is 75.8 Å². The topological polar surface area (TPSA) is 210 Å². The lowest BCUT2D eigenvalue weighted by Crippen LogP contribution is -2.57. The SMILES string of the molecule is CNC(C)C(=O)N[C@@H](CCCCNC(=O)c1cccc(C(=O)N[C@H]2CCN(C(=O)C(NC(=O)[C@H](C)NC)C(C)(C)C)C2)c1)C(=O)N1CCCC1C(=O)NC1CCCc2ccccc21. The summed E-state index contributed by atoms with van der Waals surface area (Å²) in [5, 5.41) is 20.7. The minimum Gasteiger partial charge on any atom is -0.352 e. The van der Waals surface area contributed by atoms with Gasteiger partial charge in [0.25, 0.3) is 11.8 Å². The molecule has 16 heteroatoms. The minimum absolute atomic E-state index is 0.105. The Kier molecular flexibility index (Phi) is 17.2. The number of rotatable bonds is 18. The maximum Gasteiger partial charge on any atom is 0.251 e. The van der Waals surface area contributed by atoms with Gasteiger partial charge in [-0.3, -0.25) is 33.6 Å². The van der Waals surface area contributed by atoms with Crippen molar-refractivity contribution in [3.05, 3.63) is 70.8 Å². The third-order valence-electron chi connectivity index (χ3n) is 12.6. The molecule has 2 saturated heterocycles. The molecule has 0 aromatic heterocycles. The van der Waals surface area contributed by atoms with Crippen LogP contribution in [0.15, 0.2) is 48.5 Å². The second-order valence-corrected chi connectivity index (χ2v) is 18.3. The molecule has 7 atom stereocenters. The predicted molar refractivity (Wildman–Crippen MR) is 240 cm³/mol. The first-order chi connectivity index (χ1) is 30.0. The number of hydrogen-bond acceptors (Lipinski definition) is 9. The molecule has 63 heavy (non-hydrogen) atoms. The summed E-state index contributed by atoms with van der Waals surface area (Å²) in [6.07, 6.45) is 5.92. The fourth-order valence-corrected chi connectivity index (χ4v) is 8.52. The number of fused-ring (bicyclic) bond motifs is 1. The van der Waals surface area contributed by atoms with Crippen molar-refractivity contribution < 1.29 is 33.6 Å². The largest absolute Gasteiger partial charge is 0.352 e. The number of unbranched alkanes of at least 4 members (excludes halogenated alkanes) is 1. The molecule has 0 bridgehead atoms. The van der Waals surface area contributed by atoms with Crippen molar-refractivity contribution in [3.8, 4) is 0 Å². The third-order valence-corrected chi connectivity index (χ3v) is 12.6. The van der Waals surface area contributed by atoms with Crippen LogP contribution in [0, 0.1) is 5.41 Å². The number of carbonyl (C=O) groups is 7. The maximum atomic E-state index is 14.1. The summed E-state index contributed by atoms with van der Waals surface area (Å²) in [6.45, 7) is 10.6. The Morgan fingerprint density at radius 1 is 0.746 bits per heavy atom. The van der Waals surface area contributed by atoms with Gasteiger partial charge in [-0.05, 0) is 120 Å². The molecule has 1 aliphatic carbocycles. The Bertz CT molecular complexity index is 1970. The van der Waals surface area contributed by atoms with E-state index in [1.807, 2.05) is 32.9 Å². The standard InChI is InChI=1S/C47H69N9O7/c1-29(48-6)40(57)53-37(45(62)56-25-14-22-38(56)44(61)52-36-21-13-16-31-15-8-9-19-35(31)36)20-10-11-24-50-42(59)32-17-12-18-33(27-32)43(60)51-34-23-26-55(28-34)46(63)39(47(3,4)5)54-41(58)30(2)49-7/h8-9,12,15,17-19,27,29-30,34,36-39,48-49H,10-11,13-14,16,20-26,28H2,1-7H3,(H,50,59)(H,51,60)(H,52,61)(H,53,57)(H,54,58)/t29?,30-,34-,36?,37-,38?,39?/m0/s1. The molecule has 2 aromatic rings. The summed E-state index contributed by atoms with van der Waals surface area (Å²) in [7, 11) is 3.35. The van der Waals surface area contributed by atoms with E-state index in [9.17, 15) is 33.6 Å². The summed E-state index contributed by atoms with van der Waals surface area (Å²) in [6, 6.07) is 11.0. The second kappa shape index (κ2) is 22.3. The summed E-state index contributed by atoms with van der Waals surface area (Å²) < 4.78 is 0. The number of likely N-dealkylation sites (tertiary alicyclic amines) is 2. The van der Waals surface area contributed by atoms with Crippen LogP contribution in [0.5, 0.6) is 0 Å². The maximum absolute atomic E-state index is 14.1. The highest BCUT2D eigenvalue weighted by molar-refractivity contribution is 6.00. The van der Waals surface area contributed by atoms with Crippen molar-refractivity contribution in [1.29, 1.82) is 0 Å². The molecule has 4 unspecified atom stereocenters. The van der Waals surface area contributed by atoms with Crippen molar-refractivity contribution in [2.24, 2.45) is 5.41 Å². The number of hydrogen-bond donors (Lipinski definition) is 7. The molecule has 2 fully saturated rings. The number of nitrogens with one attached hydrogen (secondary N) is 7. The minimum atomic E-state index is -0.846. The van der Waals surface area contributed by atoms with Crippen molar-refractivity contribution in [2.75, 3.05) is 40.3 Å². The molecule has 2 aromatic carbocycles. The molecular weight excluding hydrogens is 803 g/mol. The summed E-state index contributed by atoms with van der Waals surface area (Å²) in [5.41, 5.74) is 2.44. The molecule has 2 heterocycles. The van der Waals surface area contributed by atoms with E-state index in [0.717, 1.165) is 24.8 Å². The Labute approximate surface area is 372 Å². The number of amides is 7. The first-order valence-corrected chi connectivity index (χ1v) is 22.6. The highest BCUT2D eigenvalue weighted by atomic mass is 16.2. The molecule has 7 N–H and O–H groups in total. The highest BCUT2D eigenvalue weighted by Crippen LogP contribution is 2.31. The summed E-state index contributed by atoms with van der Waals surface area (Å²) >= 11 is 0. The molecule has 2 aliphatic heterocycles. The molecular formula is C47H69N9O7. The van der Waals surface area contributed by atoms with Gasteiger partial charge >= 0.3 is 0 Å². The molecule has 7 amide bonds. The van der Waals surface area contributed by atoms with Crippen molar-refractivity contribution >= 4 is 41.4 Å². The van der Waals surface area contributed by atoms with Gasteiger partial charge in [0.1, 0.15) is 18.1 Å². The Morgan fingerprint density at radius 3 is 2.13 bits per heavy atom. The average molecular weight is 872 g/mol. The van der Waals surface area contributed by atoms with Crippen LogP contribution < -0.4 is 37.2 Å². The number of aryl methyl sites for hydroxylation is 1. The number of carbonyl (C=O) groups excluding carboxylic acids is 7. The van der Waals surface area contributed by atoms with E-state index in [4.69, 9.17) is 0 Å². The smallest absolute Gasteiger partial charge is 0.251 e. The Hall–Kier alpha value is -5.35. The van der Waals surface area contributed by atoms with Crippen LogP contribution in [0.25, 0.3) is 0 Å². The first-order valence-electron chi connectivity index (χ1n) is 22.6. The number of nitrogens with zero attached hydrogens (tertiary/aromatic N) is 2. The molecule has 0 radical (unpaired) electrons. The van der Waals surface area contributed by atoms with Gasteiger partial charge in [0, 0.05) is 43.3 Å². The van der Waals surface area contributed by atoms with Gasteiger partial charge in [-0.2, -0.15) is 0 Å². The van der Waals surface area contributed by atoms with Gasteiger partial charge in [-0.1, -0.05) is 51.1 Å². The van der Waals surface area contributed by atoms with Crippen LogP contribution in [-0.4, -0.2) is 128 Å². The van der Waals surface area contributed by atoms with E-state index in [1.165, 1.54) is 11.6 Å². The van der Waals surface area contributed by atoms with E-state index in [2.05, 4.69) is 49.4 Å². The Balaban J connectivity index is 1.11. The second-order valence-electron chi connectivity index (χ2n) is 18.3. The van der Waals surface area contributed by atoms with Gasteiger partial charge in [0.05, 0.1) is 18.1 Å². The van der Waals surface area contributed by atoms with Gasteiger partial charge in [-0.15, -0.1) is 0 Å². The van der Waals surface area contributed by atoms with Crippen LogP contribution in [0.4, 0.5) is 0 Å². The lowest BCUT2D eigenvalue weighted by molar-refractivity contribution is -0.142. The quantitative estimate of drug-likeness (QED) is 0.110. The van der Waals surface area contributed by atoms with Crippen LogP contribution in [0.2, 0.25) is 0 Å². The monoisotopic (exact) mass is 872 g/mol. The zero-order chi connectivity index (χ0) is 45.8. The lowest BCUT2D eigenvalue weighted by atomic mass is 9.85.